The van der Waals surface area contributed by atoms with Gasteiger partial charge < -0.3 is 9.64 Å². The summed E-state index contributed by atoms with van der Waals surface area (Å²) in [5, 5.41) is 0. The zero-order valence-corrected chi connectivity index (χ0v) is 17.7. The Bertz CT molecular complexity index is 636. The van der Waals surface area contributed by atoms with Crippen molar-refractivity contribution in [3.63, 3.8) is 0 Å². The van der Waals surface area contributed by atoms with Crippen LogP contribution in [0, 0.1) is 17.8 Å². The lowest BCUT2D eigenvalue weighted by molar-refractivity contribution is -0.0328. The molecule has 3 fully saturated rings. The molecule has 7 heteroatoms. The smallest absolute Gasteiger partial charge is 0.381 e. The van der Waals surface area contributed by atoms with E-state index in [1.807, 2.05) is 12.1 Å². The van der Waals surface area contributed by atoms with Gasteiger partial charge in [-0.25, -0.2) is 0 Å². The third-order valence-electron chi connectivity index (χ3n) is 6.53. The highest BCUT2D eigenvalue weighted by atomic mass is 32.2. The summed E-state index contributed by atoms with van der Waals surface area (Å²) in [5.74, 6) is 2.21. The Hall–Kier alpha value is -0.760. The Morgan fingerprint density at radius 3 is 2.31 bits per heavy atom. The molecule has 2 aliphatic heterocycles. The van der Waals surface area contributed by atoms with Crippen LogP contribution in [0.3, 0.4) is 0 Å². The molecule has 0 unspecified atom stereocenters. The van der Waals surface area contributed by atoms with Gasteiger partial charge in [-0.2, -0.15) is 13.2 Å². The minimum Gasteiger partial charge on any atom is -0.381 e. The molecule has 0 amide bonds. The van der Waals surface area contributed by atoms with Crippen molar-refractivity contribution < 1.29 is 17.9 Å². The summed E-state index contributed by atoms with van der Waals surface area (Å²) in [6.45, 7) is 8.46. The van der Waals surface area contributed by atoms with Crippen molar-refractivity contribution in [1.82, 2.24) is 9.80 Å². The molecule has 4 rings (SSSR count). The maximum Gasteiger partial charge on any atom is 0.446 e. The molecule has 0 aromatic heterocycles. The number of benzene rings is 1. The standard InChI is InChI=1S/C22H31F3N2OS/c23-22(24,25)29-18-7-5-17(6-8-18)13-27-14-19-20(15-27)21(19)16-28-12-4-11-26-9-2-1-3-10-26/h5-8,19-21H,1-4,9-16H2/t19-,20+,21+. The Morgan fingerprint density at radius 2 is 1.66 bits per heavy atom. The first-order valence-electron chi connectivity index (χ1n) is 10.8. The fraction of sp³-hybridized carbons (Fsp3) is 0.727. The van der Waals surface area contributed by atoms with Crippen molar-refractivity contribution in [2.45, 2.75) is 42.6 Å². The van der Waals surface area contributed by atoms with Gasteiger partial charge in [0.2, 0.25) is 0 Å². The van der Waals surface area contributed by atoms with E-state index in [-0.39, 0.29) is 16.7 Å². The predicted octanol–water partition coefficient (Wildman–Crippen LogP) is 4.87. The molecule has 2 heterocycles. The number of nitrogens with zero attached hydrogens (tertiary/aromatic N) is 2. The largest absolute Gasteiger partial charge is 0.446 e. The van der Waals surface area contributed by atoms with Gasteiger partial charge in [-0.3, -0.25) is 4.90 Å². The number of hydrogen-bond acceptors (Lipinski definition) is 4. The monoisotopic (exact) mass is 428 g/mol. The summed E-state index contributed by atoms with van der Waals surface area (Å²) in [6.07, 6.45) is 5.21. The highest BCUT2D eigenvalue weighted by molar-refractivity contribution is 8.00. The van der Waals surface area contributed by atoms with Crippen LogP contribution in [0.2, 0.25) is 0 Å². The van der Waals surface area contributed by atoms with Crippen molar-refractivity contribution >= 4 is 11.8 Å². The van der Waals surface area contributed by atoms with E-state index in [1.54, 1.807) is 12.1 Å². The van der Waals surface area contributed by atoms with Crippen LogP contribution in [-0.2, 0) is 11.3 Å². The zero-order valence-electron chi connectivity index (χ0n) is 16.9. The van der Waals surface area contributed by atoms with Gasteiger partial charge in [0, 0.05) is 37.7 Å². The first-order chi connectivity index (χ1) is 14.0. The molecule has 2 saturated heterocycles. The van der Waals surface area contributed by atoms with Crippen molar-refractivity contribution in [3.8, 4) is 0 Å². The number of halogens is 3. The fourth-order valence-electron chi connectivity index (χ4n) is 4.96. The van der Waals surface area contributed by atoms with E-state index in [0.29, 0.717) is 5.92 Å². The van der Waals surface area contributed by atoms with Crippen molar-refractivity contribution in [2.24, 2.45) is 17.8 Å². The lowest BCUT2D eigenvalue weighted by Crippen LogP contribution is -2.31. The Labute approximate surface area is 176 Å². The van der Waals surface area contributed by atoms with Gasteiger partial charge in [-0.05, 0) is 79.6 Å². The van der Waals surface area contributed by atoms with Crippen LogP contribution in [0.15, 0.2) is 29.2 Å². The molecular weight excluding hydrogens is 397 g/mol. The second kappa shape index (κ2) is 9.58. The summed E-state index contributed by atoms with van der Waals surface area (Å²) < 4.78 is 43.2. The molecule has 3 nitrogen and oxygen atoms in total. The lowest BCUT2D eigenvalue weighted by atomic mass is 10.1. The van der Waals surface area contributed by atoms with Crippen molar-refractivity contribution in [1.29, 1.82) is 0 Å². The number of thioether (sulfide) groups is 1. The molecule has 1 aromatic rings. The molecule has 1 aliphatic carbocycles. The van der Waals surface area contributed by atoms with Crippen LogP contribution in [0.4, 0.5) is 13.2 Å². The number of fused-ring (bicyclic) bond motifs is 1. The third-order valence-corrected chi connectivity index (χ3v) is 7.27. The van der Waals surface area contributed by atoms with Crippen LogP contribution in [-0.4, -0.2) is 61.2 Å². The van der Waals surface area contributed by atoms with Gasteiger partial charge in [0.25, 0.3) is 0 Å². The summed E-state index contributed by atoms with van der Waals surface area (Å²) in [7, 11) is 0. The number of piperidine rings is 2. The molecule has 0 N–H and O–H groups in total. The van der Waals surface area contributed by atoms with E-state index < -0.39 is 5.51 Å². The number of hydrogen-bond donors (Lipinski definition) is 0. The van der Waals surface area contributed by atoms with E-state index in [1.165, 1.54) is 38.9 Å². The molecule has 1 aromatic carbocycles. The number of likely N-dealkylation sites (tertiary alicyclic amines) is 2. The summed E-state index contributed by atoms with van der Waals surface area (Å²) in [5.41, 5.74) is -3.13. The Kier molecular flexibility index (Phi) is 7.10. The average molecular weight is 429 g/mol. The van der Waals surface area contributed by atoms with Crippen molar-refractivity contribution in [3.05, 3.63) is 29.8 Å². The van der Waals surface area contributed by atoms with E-state index >= 15 is 0 Å². The second-order valence-corrected chi connectivity index (χ2v) is 9.85. The summed E-state index contributed by atoms with van der Waals surface area (Å²) >= 11 is -0.0513. The van der Waals surface area contributed by atoms with Crippen LogP contribution < -0.4 is 0 Å². The van der Waals surface area contributed by atoms with Crippen LogP contribution in [0.5, 0.6) is 0 Å². The van der Waals surface area contributed by atoms with E-state index in [9.17, 15) is 13.2 Å². The molecular formula is C22H31F3N2OS. The van der Waals surface area contributed by atoms with Crippen LogP contribution in [0.1, 0.15) is 31.2 Å². The van der Waals surface area contributed by atoms with Gasteiger partial charge in [-0.1, -0.05) is 18.6 Å². The molecule has 0 spiro atoms. The van der Waals surface area contributed by atoms with E-state index in [2.05, 4.69) is 9.80 Å². The van der Waals surface area contributed by atoms with E-state index in [4.69, 9.17) is 4.74 Å². The van der Waals surface area contributed by atoms with E-state index in [0.717, 1.165) is 56.7 Å². The molecule has 0 radical (unpaired) electrons. The molecule has 0 bridgehead atoms. The number of alkyl halides is 3. The maximum absolute atomic E-state index is 12.4. The predicted molar refractivity (Wildman–Crippen MR) is 110 cm³/mol. The molecule has 162 valence electrons. The second-order valence-electron chi connectivity index (χ2n) is 8.71. The van der Waals surface area contributed by atoms with Gasteiger partial charge >= 0.3 is 5.51 Å². The van der Waals surface area contributed by atoms with Gasteiger partial charge in [0.15, 0.2) is 0 Å². The quantitative estimate of drug-likeness (QED) is 0.412. The van der Waals surface area contributed by atoms with Crippen molar-refractivity contribution in [2.75, 3.05) is 45.9 Å². The molecule has 29 heavy (non-hydrogen) atoms. The topological polar surface area (TPSA) is 15.7 Å². The normalized spacial score (nSPS) is 27.9. The average Bonchev–Trinajstić information content (AvgIpc) is 3.14. The molecule has 3 atom stereocenters. The highest BCUT2D eigenvalue weighted by Crippen LogP contribution is 2.52. The number of ether oxygens (including phenoxy) is 1. The fourth-order valence-corrected chi connectivity index (χ4v) is 5.50. The molecule has 3 aliphatic rings. The summed E-state index contributed by atoms with van der Waals surface area (Å²) in [4.78, 5) is 5.24. The first kappa shape index (κ1) is 21.5. The number of rotatable bonds is 9. The van der Waals surface area contributed by atoms with Crippen LogP contribution >= 0.6 is 11.8 Å². The summed E-state index contributed by atoms with van der Waals surface area (Å²) in [6, 6.07) is 6.79. The first-order valence-corrected chi connectivity index (χ1v) is 11.7. The molecule has 1 saturated carbocycles. The highest BCUT2D eigenvalue weighted by Gasteiger charge is 2.55. The maximum atomic E-state index is 12.4. The SMILES string of the molecule is FC(F)(F)Sc1ccc(CN2C[C@@H]3[C@@H](COCCCN4CCCCC4)[C@@H]3C2)cc1. The van der Waals surface area contributed by atoms with Crippen LogP contribution in [0.25, 0.3) is 0 Å². The van der Waals surface area contributed by atoms with Gasteiger partial charge in [0.1, 0.15) is 0 Å². The Morgan fingerprint density at radius 1 is 0.966 bits per heavy atom. The van der Waals surface area contributed by atoms with Gasteiger partial charge in [-0.15, -0.1) is 0 Å². The Balaban J connectivity index is 1.08. The van der Waals surface area contributed by atoms with Gasteiger partial charge in [0.05, 0.1) is 6.61 Å². The minimum absolute atomic E-state index is 0.0513. The zero-order chi connectivity index (χ0) is 20.3. The lowest BCUT2D eigenvalue weighted by Gasteiger charge is -2.26. The minimum atomic E-state index is -4.22. The third kappa shape index (κ3) is 6.36.